The Bertz CT molecular complexity index is 487. The first-order valence-corrected chi connectivity index (χ1v) is 9.62. The van der Waals surface area contributed by atoms with Crippen LogP contribution in [-0.2, 0) is 9.53 Å². The summed E-state index contributed by atoms with van der Waals surface area (Å²) in [5.41, 5.74) is 0.646. The van der Waals surface area contributed by atoms with E-state index in [-0.39, 0.29) is 10.8 Å². The van der Waals surface area contributed by atoms with E-state index in [0.29, 0.717) is 5.92 Å². The fourth-order valence-corrected chi connectivity index (χ4v) is 3.87. The summed E-state index contributed by atoms with van der Waals surface area (Å²) in [6.45, 7) is 6.31. The van der Waals surface area contributed by atoms with E-state index in [2.05, 4.69) is 37.2 Å². The van der Waals surface area contributed by atoms with Crippen LogP contribution in [0.2, 0.25) is 0 Å². The van der Waals surface area contributed by atoms with Crippen LogP contribution in [0.15, 0.2) is 30.3 Å². The average molecular weight is 434 g/mol. The van der Waals surface area contributed by atoms with Gasteiger partial charge in [-0.3, -0.25) is 4.79 Å². The summed E-state index contributed by atoms with van der Waals surface area (Å²) in [7, 11) is 0. The zero-order chi connectivity index (χ0) is 16.2. The molecule has 1 heterocycles. The van der Waals surface area contributed by atoms with Gasteiger partial charge in [0.25, 0.3) is 0 Å². The molecule has 1 aliphatic rings. The van der Waals surface area contributed by atoms with Crippen molar-refractivity contribution in [3.05, 3.63) is 35.9 Å². The molecule has 2 N–H and O–H groups in total. The normalized spacial score (nSPS) is 19.5. The predicted molar refractivity (Wildman–Crippen MR) is 95.4 cm³/mol. The number of rotatable bonds is 5. The number of halogens is 2. The number of hydrogen-bond acceptors (Lipinski definition) is 2. The van der Waals surface area contributed by atoms with Crippen molar-refractivity contribution in [2.75, 3.05) is 13.1 Å². The highest BCUT2D eigenvalue weighted by Crippen LogP contribution is 2.34. The first-order valence-electron chi connectivity index (χ1n) is 7.79. The van der Waals surface area contributed by atoms with Crippen LogP contribution in [0.4, 0.5) is 0 Å². The van der Waals surface area contributed by atoms with E-state index in [9.17, 15) is 4.79 Å². The third kappa shape index (κ3) is 4.56. The largest absolute Gasteiger partial charge is 0.458 e. The number of piperidine rings is 1. The fraction of sp³-hybridized carbons (Fsp3) is 0.588. The van der Waals surface area contributed by atoms with Gasteiger partial charge in [0.05, 0.1) is 17.9 Å². The molecule has 0 aliphatic carbocycles. The van der Waals surface area contributed by atoms with E-state index in [1.54, 1.807) is 0 Å². The summed E-state index contributed by atoms with van der Waals surface area (Å²) in [5.74, 6) is 0.233. The minimum Gasteiger partial charge on any atom is -0.458 e. The number of esters is 1. The molecule has 122 valence electrons. The van der Waals surface area contributed by atoms with Gasteiger partial charge < -0.3 is 10.1 Å². The molecule has 5 heteroatoms. The second-order valence-corrected chi connectivity index (χ2v) is 8.35. The molecule has 1 fully saturated rings. The second kappa shape index (κ2) is 7.93. The molecule has 0 aromatic heterocycles. The van der Waals surface area contributed by atoms with Gasteiger partial charge in [-0.15, -0.1) is 0 Å². The third-order valence-electron chi connectivity index (χ3n) is 4.39. The van der Waals surface area contributed by atoms with Crippen molar-refractivity contribution in [3.63, 3.8) is 0 Å². The highest BCUT2D eigenvalue weighted by Gasteiger charge is 2.38. The van der Waals surface area contributed by atoms with E-state index in [1.165, 1.54) is 0 Å². The molecule has 2 atom stereocenters. The molecule has 0 spiro atoms. The summed E-state index contributed by atoms with van der Waals surface area (Å²) >= 11 is 7.10. The Hall–Kier alpha value is -0.390. The zero-order valence-electron chi connectivity index (χ0n) is 13.1. The lowest BCUT2D eigenvalue weighted by molar-refractivity contribution is -0.665. The van der Waals surface area contributed by atoms with E-state index in [0.717, 1.165) is 31.5 Å². The molecule has 1 aromatic rings. The summed E-state index contributed by atoms with van der Waals surface area (Å²) in [4.78, 5) is 12.0. The minimum absolute atomic E-state index is 0.100. The number of carbonyl (C=O) groups is 1. The van der Waals surface area contributed by atoms with Crippen molar-refractivity contribution in [1.82, 2.24) is 0 Å². The second-order valence-electron chi connectivity index (χ2n) is 6.38. The Kier molecular flexibility index (Phi) is 6.47. The van der Waals surface area contributed by atoms with Crippen LogP contribution in [0.3, 0.4) is 0 Å². The van der Waals surface area contributed by atoms with Crippen molar-refractivity contribution in [2.24, 2.45) is 5.92 Å². The van der Waals surface area contributed by atoms with Crippen LogP contribution in [-0.4, -0.2) is 29.5 Å². The molecule has 0 radical (unpaired) electrons. The van der Waals surface area contributed by atoms with Gasteiger partial charge in [-0.25, -0.2) is 0 Å². The number of alkyl halides is 2. The smallest absolute Gasteiger partial charge is 0.321 e. The topological polar surface area (TPSA) is 42.9 Å². The molecule has 22 heavy (non-hydrogen) atoms. The van der Waals surface area contributed by atoms with Gasteiger partial charge in [-0.1, -0.05) is 62.2 Å². The molecule has 1 saturated heterocycles. The average Bonchev–Trinajstić information content (AvgIpc) is 2.54. The Morgan fingerprint density at radius 3 is 2.41 bits per heavy atom. The quantitative estimate of drug-likeness (QED) is 0.572. The van der Waals surface area contributed by atoms with Gasteiger partial charge in [0.1, 0.15) is 10.4 Å². The molecular weight excluding hydrogens is 410 g/mol. The standard InChI is InChI=1S/C17H23Br2NO2/c1-17(2,13-8-10-20-11-9-13)22-16(21)15(19)14(18)12-6-4-3-5-7-12/h3-7,13-15,20H,8-11H2,1-2H3/p+1. The number of nitrogens with two attached hydrogens (primary N) is 1. The SMILES string of the molecule is CC(C)(OC(=O)C(Br)C(Br)c1ccccc1)C1CC[NH2+]CC1. The van der Waals surface area contributed by atoms with Crippen molar-refractivity contribution >= 4 is 37.8 Å². The number of quaternary nitrogens is 1. The molecule has 3 nitrogen and oxygen atoms in total. The molecule has 0 saturated carbocycles. The van der Waals surface area contributed by atoms with Crippen molar-refractivity contribution in [2.45, 2.75) is 41.9 Å². The van der Waals surface area contributed by atoms with Gasteiger partial charge in [-0.2, -0.15) is 0 Å². The Morgan fingerprint density at radius 1 is 1.23 bits per heavy atom. The first kappa shape index (κ1) is 18.0. The maximum absolute atomic E-state index is 12.5. The van der Waals surface area contributed by atoms with E-state index in [4.69, 9.17) is 4.74 Å². The van der Waals surface area contributed by atoms with Crippen molar-refractivity contribution in [1.29, 1.82) is 0 Å². The molecule has 1 aliphatic heterocycles. The summed E-state index contributed by atoms with van der Waals surface area (Å²) in [6.07, 6.45) is 2.20. The van der Waals surface area contributed by atoms with E-state index in [1.807, 2.05) is 44.2 Å². The van der Waals surface area contributed by atoms with Crippen molar-refractivity contribution in [3.8, 4) is 0 Å². The first-order chi connectivity index (χ1) is 10.4. The lowest BCUT2D eigenvalue weighted by atomic mass is 9.83. The third-order valence-corrected chi connectivity index (χ3v) is 7.05. The predicted octanol–water partition coefficient (Wildman–Crippen LogP) is 3.18. The maximum Gasteiger partial charge on any atom is 0.321 e. The van der Waals surface area contributed by atoms with Gasteiger partial charge in [0.2, 0.25) is 0 Å². The highest BCUT2D eigenvalue weighted by molar-refractivity contribution is 9.12. The zero-order valence-corrected chi connectivity index (χ0v) is 16.3. The van der Waals surface area contributed by atoms with Gasteiger partial charge in [0, 0.05) is 18.8 Å². The van der Waals surface area contributed by atoms with Crippen LogP contribution < -0.4 is 5.32 Å². The Balaban J connectivity index is 1.98. The molecular formula is C17H24Br2NO2+. The van der Waals surface area contributed by atoms with Crippen LogP contribution >= 0.6 is 31.9 Å². The fourth-order valence-electron chi connectivity index (χ4n) is 2.95. The minimum atomic E-state index is -0.416. The monoisotopic (exact) mass is 432 g/mol. The maximum atomic E-state index is 12.5. The summed E-state index contributed by atoms with van der Waals surface area (Å²) in [6, 6.07) is 9.91. The van der Waals surface area contributed by atoms with Crippen LogP contribution in [0.25, 0.3) is 0 Å². The lowest BCUT2D eigenvalue weighted by Crippen LogP contribution is -2.86. The molecule has 2 rings (SSSR count). The lowest BCUT2D eigenvalue weighted by Gasteiger charge is -2.36. The van der Waals surface area contributed by atoms with Crippen LogP contribution in [0, 0.1) is 5.92 Å². The van der Waals surface area contributed by atoms with E-state index < -0.39 is 10.4 Å². The highest BCUT2D eigenvalue weighted by atomic mass is 79.9. The molecule has 0 amide bonds. The van der Waals surface area contributed by atoms with Crippen LogP contribution in [0.5, 0.6) is 0 Å². The summed E-state index contributed by atoms with van der Waals surface area (Å²) in [5, 5.41) is 2.33. The number of benzene rings is 1. The molecule has 1 aromatic carbocycles. The Morgan fingerprint density at radius 2 is 1.82 bits per heavy atom. The van der Waals surface area contributed by atoms with Crippen molar-refractivity contribution < 1.29 is 14.8 Å². The number of ether oxygens (including phenoxy) is 1. The molecule has 0 bridgehead atoms. The van der Waals surface area contributed by atoms with Gasteiger partial charge in [-0.05, 0) is 19.4 Å². The number of carbonyl (C=O) groups excluding carboxylic acids is 1. The van der Waals surface area contributed by atoms with Gasteiger partial charge >= 0.3 is 5.97 Å². The van der Waals surface area contributed by atoms with Gasteiger partial charge in [0.15, 0.2) is 0 Å². The molecule has 2 unspecified atom stereocenters. The van der Waals surface area contributed by atoms with E-state index >= 15 is 0 Å². The Labute approximate surface area is 149 Å². The number of hydrogen-bond donors (Lipinski definition) is 1. The summed E-state index contributed by atoms with van der Waals surface area (Å²) < 4.78 is 5.85. The van der Waals surface area contributed by atoms with Crippen LogP contribution in [0.1, 0.15) is 37.1 Å².